The zero-order valence-corrected chi connectivity index (χ0v) is 15.7. The zero-order valence-electron chi connectivity index (χ0n) is 13.9. The Bertz CT molecular complexity index is 314. The summed E-state index contributed by atoms with van der Waals surface area (Å²) < 4.78 is 31.8. The molecule has 0 aromatic rings. The quantitative estimate of drug-likeness (QED) is 0.543. The normalized spacial score (nSPS) is 15.2. The van der Waals surface area contributed by atoms with Gasteiger partial charge in [-0.2, -0.15) is 0 Å². The van der Waals surface area contributed by atoms with Crippen LogP contribution in [0.3, 0.4) is 0 Å². The van der Waals surface area contributed by atoms with E-state index in [1.807, 2.05) is 13.8 Å². The predicted molar refractivity (Wildman–Crippen MR) is 88.0 cm³/mol. The molecule has 8 heteroatoms. The van der Waals surface area contributed by atoms with Gasteiger partial charge in [-0.15, -0.1) is 0 Å². The summed E-state index contributed by atoms with van der Waals surface area (Å²) in [6, 6.07) is 0. The van der Waals surface area contributed by atoms with Crippen molar-refractivity contribution in [2.75, 3.05) is 44.5 Å². The van der Waals surface area contributed by atoms with Crippen LogP contribution < -0.4 is 0 Å². The third-order valence-corrected chi connectivity index (χ3v) is 7.43. The summed E-state index contributed by atoms with van der Waals surface area (Å²) in [6.07, 6.45) is 1.61. The highest BCUT2D eigenvalue weighted by Gasteiger charge is 2.20. The van der Waals surface area contributed by atoms with Gasteiger partial charge in [0.25, 0.3) is 0 Å². The Balaban J connectivity index is 0. The first-order chi connectivity index (χ1) is 9.70. The molecule has 0 bridgehead atoms. The maximum atomic E-state index is 11.6. The third kappa shape index (κ3) is 16.5. The van der Waals surface area contributed by atoms with Crippen molar-refractivity contribution < 1.29 is 28.4 Å². The van der Waals surface area contributed by atoms with Crippen molar-refractivity contribution in [2.45, 2.75) is 40.7 Å². The van der Waals surface area contributed by atoms with E-state index in [1.165, 1.54) is 0 Å². The molecule has 1 heterocycles. The van der Waals surface area contributed by atoms with E-state index in [-0.39, 0.29) is 12.7 Å². The maximum absolute atomic E-state index is 11.6. The smallest absolute Gasteiger partial charge is 0.202 e. The lowest BCUT2D eigenvalue weighted by Crippen LogP contribution is -2.12. The largest absolute Gasteiger partial charge is 0.394 e. The number of rotatable bonds is 7. The van der Waals surface area contributed by atoms with Crippen LogP contribution >= 0.6 is 14.7 Å². The summed E-state index contributed by atoms with van der Waals surface area (Å²) in [5.74, 6) is 0. The van der Waals surface area contributed by atoms with E-state index in [0.29, 0.717) is 24.6 Å². The standard InChI is InChI=1S/C7H17O3P.C4H11O2P.C2H4O/c1-4-11(9,5-2)10-7(3)6-8;1-3-7(5,6)4-2;1-2-3-1/h7-8H,4-6H2,1-3H3;3-4H2,1-2H3,(H,5,6);1-2H2. The fraction of sp³-hybridized carbons (Fsp3) is 1.00. The highest BCUT2D eigenvalue weighted by Crippen LogP contribution is 2.46. The third-order valence-electron chi connectivity index (χ3n) is 2.79. The molecule has 1 aliphatic rings. The minimum Gasteiger partial charge on any atom is -0.394 e. The van der Waals surface area contributed by atoms with Crippen molar-refractivity contribution in [3.05, 3.63) is 0 Å². The summed E-state index contributed by atoms with van der Waals surface area (Å²) in [7, 11) is -5.07. The Morgan fingerprint density at radius 2 is 1.43 bits per heavy atom. The van der Waals surface area contributed by atoms with Crippen molar-refractivity contribution in [3.63, 3.8) is 0 Å². The van der Waals surface area contributed by atoms with Crippen LogP contribution in [0.5, 0.6) is 0 Å². The average molecular weight is 346 g/mol. The molecule has 0 aromatic carbocycles. The van der Waals surface area contributed by atoms with E-state index in [2.05, 4.69) is 4.74 Å². The first kappa shape index (κ1) is 23.6. The second-order valence-corrected chi connectivity index (χ2v) is 10.7. The molecule has 0 aromatic heterocycles. The van der Waals surface area contributed by atoms with E-state index in [1.54, 1.807) is 20.8 Å². The Morgan fingerprint density at radius 3 is 1.57 bits per heavy atom. The molecule has 2 N–H and O–H groups in total. The lowest BCUT2D eigenvalue weighted by molar-refractivity contribution is 0.132. The van der Waals surface area contributed by atoms with Gasteiger partial charge in [-0.05, 0) is 6.92 Å². The summed E-state index contributed by atoms with van der Waals surface area (Å²) in [5, 5.41) is 8.64. The Kier molecular flexibility index (Phi) is 14.4. The number of aliphatic hydroxyl groups excluding tert-OH is 1. The molecule has 6 nitrogen and oxygen atoms in total. The van der Waals surface area contributed by atoms with Crippen LogP contribution in [0, 0.1) is 0 Å². The Hall–Kier alpha value is 0.300. The number of ether oxygens (including phenoxy) is 1. The monoisotopic (exact) mass is 346 g/mol. The molecule has 130 valence electrons. The molecule has 1 saturated heterocycles. The summed E-state index contributed by atoms with van der Waals surface area (Å²) in [4.78, 5) is 8.69. The fourth-order valence-electron chi connectivity index (χ4n) is 0.958. The molecule has 1 fully saturated rings. The van der Waals surface area contributed by atoms with Crippen LogP contribution in [0.15, 0.2) is 0 Å². The van der Waals surface area contributed by atoms with E-state index in [0.717, 1.165) is 13.2 Å². The number of epoxide rings is 1. The average Bonchev–Trinajstić information content (AvgIpc) is 3.36. The molecular formula is C13H32O6P2. The van der Waals surface area contributed by atoms with Gasteiger partial charge in [-0.3, -0.25) is 9.13 Å². The highest BCUT2D eigenvalue weighted by atomic mass is 31.2. The van der Waals surface area contributed by atoms with E-state index in [9.17, 15) is 9.13 Å². The van der Waals surface area contributed by atoms with Crippen LogP contribution in [0.2, 0.25) is 0 Å². The van der Waals surface area contributed by atoms with Crippen LogP contribution in [0.4, 0.5) is 0 Å². The van der Waals surface area contributed by atoms with Crippen LogP contribution in [0.1, 0.15) is 34.6 Å². The molecule has 1 aliphatic heterocycles. The zero-order chi connectivity index (χ0) is 16.9. The molecule has 0 saturated carbocycles. The van der Waals surface area contributed by atoms with Crippen molar-refractivity contribution >= 4 is 14.7 Å². The molecule has 0 radical (unpaired) electrons. The second kappa shape index (κ2) is 12.8. The first-order valence-corrected chi connectivity index (χ1v) is 11.5. The predicted octanol–water partition coefficient (Wildman–Crippen LogP) is 3.01. The molecule has 0 amide bonds. The van der Waals surface area contributed by atoms with Gasteiger partial charge >= 0.3 is 0 Å². The van der Waals surface area contributed by atoms with Crippen LogP contribution in [0.25, 0.3) is 0 Å². The fourth-order valence-corrected chi connectivity index (χ4v) is 2.87. The van der Waals surface area contributed by atoms with Crippen molar-refractivity contribution in [3.8, 4) is 0 Å². The minimum absolute atomic E-state index is 0.0655. The van der Waals surface area contributed by atoms with Crippen molar-refractivity contribution in [2.24, 2.45) is 0 Å². The van der Waals surface area contributed by atoms with Gasteiger partial charge < -0.3 is 19.3 Å². The van der Waals surface area contributed by atoms with Gasteiger partial charge in [0.05, 0.1) is 25.9 Å². The van der Waals surface area contributed by atoms with Crippen molar-refractivity contribution in [1.82, 2.24) is 0 Å². The number of aliphatic hydroxyl groups is 1. The highest BCUT2D eigenvalue weighted by molar-refractivity contribution is 7.58. The topological polar surface area (TPSA) is 96.4 Å². The summed E-state index contributed by atoms with van der Waals surface area (Å²) >= 11 is 0. The molecule has 1 atom stereocenters. The summed E-state index contributed by atoms with van der Waals surface area (Å²) in [6.45, 7) is 10.8. The van der Waals surface area contributed by atoms with Crippen LogP contribution in [-0.4, -0.2) is 60.6 Å². The SMILES string of the molecule is C1CO1.CCP(=O)(CC)OC(C)CO.CCP(=O)(O)CC. The van der Waals surface area contributed by atoms with Gasteiger partial charge in [0.15, 0.2) is 7.37 Å². The Labute approximate surface area is 129 Å². The van der Waals surface area contributed by atoms with Gasteiger partial charge in [0, 0.05) is 24.6 Å². The minimum atomic E-state index is -2.65. The lowest BCUT2D eigenvalue weighted by Gasteiger charge is -2.18. The van der Waals surface area contributed by atoms with Crippen LogP contribution in [-0.2, 0) is 18.4 Å². The molecular weight excluding hydrogens is 314 g/mol. The molecule has 21 heavy (non-hydrogen) atoms. The molecule has 0 spiro atoms. The van der Waals surface area contributed by atoms with Gasteiger partial charge in [-0.25, -0.2) is 0 Å². The second-order valence-electron chi connectivity index (χ2n) is 4.64. The number of hydrogen-bond acceptors (Lipinski definition) is 5. The van der Waals surface area contributed by atoms with Crippen molar-refractivity contribution in [1.29, 1.82) is 0 Å². The maximum Gasteiger partial charge on any atom is 0.202 e. The van der Waals surface area contributed by atoms with Gasteiger partial charge in [-0.1, -0.05) is 27.7 Å². The van der Waals surface area contributed by atoms with E-state index < -0.39 is 14.7 Å². The molecule has 1 unspecified atom stereocenters. The number of hydrogen-bond donors (Lipinski definition) is 2. The summed E-state index contributed by atoms with van der Waals surface area (Å²) in [5.41, 5.74) is 0. The Morgan fingerprint density at radius 1 is 1.05 bits per heavy atom. The van der Waals surface area contributed by atoms with E-state index in [4.69, 9.17) is 14.5 Å². The molecule has 1 rings (SSSR count). The lowest BCUT2D eigenvalue weighted by atomic mass is 10.5. The molecule has 0 aliphatic carbocycles. The first-order valence-electron chi connectivity index (χ1n) is 7.46. The van der Waals surface area contributed by atoms with Gasteiger partial charge in [0.2, 0.25) is 7.37 Å². The van der Waals surface area contributed by atoms with E-state index >= 15 is 0 Å². The van der Waals surface area contributed by atoms with Gasteiger partial charge in [0.1, 0.15) is 0 Å².